The summed E-state index contributed by atoms with van der Waals surface area (Å²) < 4.78 is 47.7. The Morgan fingerprint density at radius 3 is 2.63 bits per heavy atom. The van der Waals surface area contributed by atoms with Gasteiger partial charge in [0.1, 0.15) is 17.2 Å². The predicted molar refractivity (Wildman–Crippen MR) is 92.9 cm³/mol. The van der Waals surface area contributed by atoms with E-state index in [2.05, 4.69) is 4.98 Å². The molecular weight excluding hydrogens is 385 g/mol. The van der Waals surface area contributed by atoms with Gasteiger partial charge in [-0.1, -0.05) is 11.6 Å². The van der Waals surface area contributed by atoms with E-state index in [1.165, 1.54) is 6.92 Å². The second kappa shape index (κ2) is 7.03. The van der Waals surface area contributed by atoms with Gasteiger partial charge in [0.15, 0.2) is 16.6 Å². The topological polar surface area (TPSA) is 61.2 Å². The highest BCUT2D eigenvalue weighted by atomic mass is 35.5. The lowest BCUT2D eigenvalue weighted by molar-refractivity contribution is 0.0524. The summed E-state index contributed by atoms with van der Waals surface area (Å²) in [5.41, 5.74) is -1.82. The minimum Gasteiger partial charge on any atom is -0.462 e. The van der Waals surface area contributed by atoms with Crippen LogP contribution >= 0.6 is 11.6 Å². The maximum atomic E-state index is 14.3. The zero-order valence-electron chi connectivity index (χ0n) is 14.1. The van der Waals surface area contributed by atoms with Gasteiger partial charge in [-0.2, -0.15) is 0 Å². The third-order valence-electron chi connectivity index (χ3n) is 3.94. The summed E-state index contributed by atoms with van der Waals surface area (Å²) in [4.78, 5) is 28.7. The third-order valence-corrected chi connectivity index (χ3v) is 4.19. The van der Waals surface area contributed by atoms with E-state index in [1.54, 1.807) is 6.92 Å². The molecule has 2 heterocycles. The van der Waals surface area contributed by atoms with Crippen molar-refractivity contribution in [1.82, 2.24) is 9.55 Å². The molecular formula is C18H12ClF3N2O3. The molecule has 0 fully saturated rings. The lowest BCUT2D eigenvalue weighted by Gasteiger charge is -2.15. The predicted octanol–water partition coefficient (Wildman–Crippen LogP) is 3.94. The van der Waals surface area contributed by atoms with Crippen LogP contribution in [-0.4, -0.2) is 22.1 Å². The molecule has 27 heavy (non-hydrogen) atoms. The van der Waals surface area contributed by atoms with Gasteiger partial charge in [0.25, 0.3) is 0 Å². The zero-order chi connectivity index (χ0) is 19.9. The van der Waals surface area contributed by atoms with Crippen LogP contribution < -0.4 is 5.43 Å². The Morgan fingerprint density at radius 2 is 2.00 bits per heavy atom. The molecule has 2 aromatic heterocycles. The maximum absolute atomic E-state index is 14.3. The van der Waals surface area contributed by atoms with Crippen molar-refractivity contribution in [3.8, 4) is 5.69 Å². The standard InChI is InChI=1S/C18H12ClF3N2O3/c1-3-27-18(26)10-7-24(12-5-4-9(20)6-11(12)21)17-13(15(10)25)8(2)14(22)16(19)23-17/h4-7H,3H2,1-2H3. The lowest BCUT2D eigenvalue weighted by Crippen LogP contribution is -2.22. The SMILES string of the molecule is CCOC(=O)c1cn(-c2ccc(F)cc2F)c2nc(Cl)c(F)c(C)c2c1=O. The Morgan fingerprint density at radius 1 is 1.30 bits per heavy atom. The Balaban J connectivity index is 2.50. The number of hydrogen-bond acceptors (Lipinski definition) is 4. The van der Waals surface area contributed by atoms with E-state index in [0.29, 0.717) is 6.07 Å². The Bertz CT molecular complexity index is 1150. The molecule has 0 amide bonds. The fraction of sp³-hybridized carbons (Fsp3) is 0.167. The van der Waals surface area contributed by atoms with Gasteiger partial charge in [-0.05, 0) is 26.0 Å². The van der Waals surface area contributed by atoms with E-state index < -0.39 is 39.6 Å². The average Bonchev–Trinajstić information content (AvgIpc) is 2.60. The number of pyridine rings is 2. The fourth-order valence-electron chi connectivity index (χ4n) is 2.67. The molecule has 3 aromatic rings. The highest BCUT2D eigenvalue weighted by Gasteiger charge is 2.23. The van der Waals surface area contributed by atoms with E-state index in [0.717, 1.165) is 22.9 Å². The van der Waals surface area contributed by atoms with Crippen molar-refractivity contribution in [2.75, 3.05) is 6.61 Å². The molecule has 9 heteroatoms. The molecule has 0 radical (unpaired) electrons. The molecule has 0 aliphatic carbocycles. The number of carbonyl (C=O) groups is 1. The normalized spacial score (nSPS) is 11.0. The first-order valence-electron chi connectivity index (χ1n) is 7.79. The summed E-state index contributed by atoms with van der Waals surface area (Å²) in [7, 11) is 0. The second-order valence-corrected chi connectivity index (χ2v) is 5.96. The number of rotatable bonds is 3. The summed E-state index contributed by atoms with van der Waals surface area (Å²) in [6.45, 7) is 2.82. The van der Waals surface area contributed by atoms with E-state index in [4.69, 9.17) is 16.3 Å². The molecule has 0 atom stereocenters. The average molecular weight is 397 g/mol. The molecule has 0 aliphatic heterocycles. The third kappa shape index (κ3) is 3.16. The summed E-state index contributed by atoms with van der Waals surface area (Å²) >= 11 is 5.77. The summed E-state index contributed by atoms with van der Waals surface area (Å²) in [5, 5.41) is -0.786. The number of ether oxygens (including phenoxy) is 1. The molecule has 0 aliphatic rings. The van der Waals surface area contributed by atoms with Crippen molar-refractivity contribution < 1.29 is 22.7 Å². The van der Waals surface area contributed by atoms with Crippen LogP contribution in [0.25, 0.3) is 16.7 Å². The number of carbonyl (C=O) groups excluding carboxylic acids is 1. The van der Waals surface area contributed by atoms with Crippen LogP contribution in [-0.2, 0) is 4.74 Å². The Kier molecular flexibility index (Phi) is 4.93. The number of fused-ring (bicyclic) bond motifs is 1. The number of esters is 1. The van der Waals surface area contributed by atoms with Gasteiger partial charge < -0.3 is 4.74 Å². The first kappa shape index (κ1) is 18.9. The molecule has 1 aromatic carbocycles. The molecule has 140 valence electrons. The van der Waals surface area contributed by atoms with Crippen molar-refractivity contribution >= 4 is 28.6 Å². The molecule has 5 nitrogen and oxygen atoms in total. The van der Waals surface area contributed by atoms with Gasteiger partial charge in [0.05, 0.1) is 17.7 Å². The zero-order valence-corrected chi connectivity index (χ0v) is 14.9. The molecule has 0 spiro atoms. The largest absolute Gasteiger partial charge is 0.462 e. The summed E-state index contributed by atoms with van der Waals surface area (Å²) in [5.74, 6) is -3.70. The van der Waals surface area contributed by atoms with Gasteiger partial charge in [0, 0.05) is 17.8 Å². The number of nitrogens with zero attached hydrogens (tertiary/aromatic N) is 2. The van der Waals surface area contributed by atoms with E-state index >= 15 is 0 Å². The molecule has 0 unspecified atom stereocenters. The van der Waals surface area contributed by atoms with Gasteiger partial charge in [-0.3, -0.25) is 9.36 Å². The van der Waals surface area contributed by atoms with Gasteiger partial charge in [0.2, 0.25) is 5.43 Å². The quantitative estimate of drug-likeness (QED) is 0.497. The van der Waals surface area contributed by atoms with Gasteiger partial charge in [-0.15, -0.1) is 0 Å². The number of hydrogen-bond donors (Lipinski definition) is 0. The van der Waals surface area contributed by atoms with Gasteiger partial charge >= 0.3 is 5.97 Å². The molecule has 0 saturated heterocycles. The number of halogens is 4. The highest BCUT2D eigenvalue weighted by Crippen LogP contribution is 2.26. The van der Waals surface area contributed by atoms with Crippen LogP contribution in [0, 0.1) is 24.4 Å². The van der Waals surface area contributed by atoms with Crippen LogP contribution in [0.2, 0.25) is 5.15 Å². The van der Waals surface area contributed by atoms with Gasteiger partial charge in [-0.25, -0.2) is 22.9 Å². The van der Waals surface area contributed by atoms with Crippen LogP contribution in [0.4, 0.5) is 13.2 Å². The van der Waals surface area contributed by atoms with Crippen molar-refractivity contribution in [3.63, 3.8) is 0 Å². The summed E-state index contributed by atoms with van der Waals surface area (Å²) in [6, 6.07) is 2.71. The number of benzene rings is 1. The first-order valence-corrected chi connectivity index (χ1v) is 8.17. The molecule has 0 saturated carbocycles. The minimum atomic E-state index is -0.977. The fourth-order valence-corrected chi connectivity index (χ4v) is 2.90. The van der Waals surface area contributed by atoms with Crippen LogP contribution in [0.1, 0.15) is 22.8 Å². The second-order valence-electron chi connectivity index (χ2n) is 5.60. The van der Waals surface area contributed by atoms with Crippen molar-refractivity contribution in [1.29, 1.82) is 0 Å². The van der Waals surface area contributed by atoms with E-state index in [1.807, 2.05) is 0 Å². The lowest BCUT2D eigenvalue weighted by atomic mass is 10.1. The van der Waals surface area contributed by atoms with Crippen molar-refractivity contribution in [2.24, 2.45) is 0 Å². The van der Waals surface area contributed by atoms with Crippen LogP contribution in [0.3, 0.4) is 0 Å². The minimum absolute atomic E-state index is 0.00652. The van der Waals surface area contributed by atoms with Crippen LogP contribution in [0.15, 0.2) is 29.2 Å². The Labute approximate surface area is 156 Å². The number of aryl methyl sites for hydroxylation is 1. The summed E-state index contributed by atoms with van der Waals surface area (Å²) in [6.07, 6.45) is 1.01. The molecule has 0 bridgehead atoms. The van der Waals surface area contributed by atoms with Crippen LogP contribution in [0.5, 0.6) is 0 Å². The smallest absolute Gasteiger partial charge is 0.343 e. The Hall–Kier alpha value is -2.87. The maximum Gasteiger partial charge on any atom is 0.343 e. The van der Waals surface area contributed by atoms with Crippen molar-refractivity contribution in [3.05, 3.63) is 68.4 Å². The highest BCUT2D eigenvalue weighted by molar-refractivity contribution is 6.30. The monoisotopic (exact) mass is 396 g/mol. The van der Waals surface area contributed by atoms with E-state index in [-0.39, 0.29) is 28.9 Å². The van der Waals surface area contributed by atoms with Crippen molar-refractivity contribution in [2.45, 2.75) is 13.8 Å². The first-order chi connectivity index (χ1) is 12.8. The van der Waals surface area contributed by atoms with E-state index in [9.17, 15) is 22.8 Å². The number of aromatic nitrogens is 2. The molecule has 3 rings (SSSR count). The molecule has 0 N–H and O–H groups in total.